The lowest BCUT2D eigenvalue weighted by molar-refractivity contribution is -0.147. The molecular weight excluding hydrogens is 368 g/mol. The Labute approximate surface area is 172 Å². The molecule has 1 saturated carbocycles. The van der Waals surface area contributed by atoms with Gasteiger partial charge in [0.2, 0.25) is 0 Å². The predicted molar refractivity (Wildman–Crippen MR) is 112 cm³/mol. The standard InChI is InChI=1S/C22H32N4O3/c1-15(2)29-19(27)8-3-16-9-11-22(12-10-16,26-14-13-25-21(26)28)18-6-4-17(5-7-18)20(23)24/h4-7,15-16H,3,8-14H2,1-2H3,(H3,23,24)(H,25,28). The Bertz CT molecular complexity index is 752. The van der Waals surface area contributed by atoms with Crippen molar-refractivity contribution in [2.45, 2.75) is 64.0 Å². The van der Waals surface area contributed by atoms with Gasteiger partial charge in [-0.05, 0) is 57.4 Å². The summed E-state index contributed by atoms with van der Waals surface area (Å²) >= 11 is 0. The third-order valence-corrected chi connectivity index (χ3v) is 6.16. The SMILES string of the molecule is CC(C)OC(=O)CCC1CCC(c2ccc(C(=N)N)cc2)(N2CCNC2=O)CC1. The number of nitrogens with zero attached hydrogens (tertiary/aromatic N) is 1. The predicted octanol–water partition coefficient (Wildman–Crippen LogP) is 3.11. The Morgan fingerprint density at radius 1 is 1.31 bits per heavy atom. The van der Waals surface area contributed by atoms with Gasteiger partial charge in [-0.25, -0.2) is 4.79 Å². The van der Waals surface area contributed by atoms with Gasteiger partial charge in [-0.2, -0.15) is 0 Å². The number of nitrogens with two attached hydrogens (primary N) is 1. The van der Waals surface area contributed by atoms with Crippen molar-refractivity contribution in [1.29, 1.82) is 5.41 Å². The lowest BCUT2D eigenvalue weighted by Gasteiger charge is -2.46. The molecule has 1 aliphatic heterocycles. The van der Waals surface area contributed by atoms with Crippen LogP contribution in [0.5, 0.6) is 0 Å². The summed E-state index contributed by atoms with van der Waals surface area (Å²) in [7, 11) is 0. The maximum atomic E-state index is 12.5. The average molecular weight is 401 g/mol. The van der Waals surface area contributed by atoms with Crippen molar-refractivity contribution in [3.05, 3.63) is 35.4 Å². The second-order valence-electron chi connectivity index (χ2n) is 8.43. The minimum Gasteiger partial charge on any atom is -0.463 e. The molecule has 2 aliphatic rings. The van der Waals surface area contributed by atoms with Crippen LogP contribution in [0.2, 0.25) is 0 Å². The highest BCUT2D eigenvalue weighted by Gasteiger charge is 2.45. The van der Waals surface area contributed by atoms with Gasteiger partial charge in [0.1, 0.15) is 5.84 Å². The third-order valence-electron chi connectivity index (χ3n) is 6.16. The van der Waals surface area contributed by atoms with Crippen molar-refractivity contribution < 1.29 is 14.3 Å². The van der Waals surface area contributed by atoms with Gasteiger partial charge in [0, 0.05) is 25.1 Å². The highest BCUT2D eigenvalue weighted by atomic mass is 16.5. The normalized spacial score (nSPS) is 24.4. The second-order valence-corrected chi connectivity index (χ2v) is 8.43. The summed E-state index contributed by atoms with van der Waals surface area (Å²) in [5.41, 5.74) is 7.04. The molecule has 158 valence electrons. The van der Waals surface area contributed by atoms with Crippen LogP contribution < -0.4 is 11.1 Å². The first-order chi connectivity index (χ1) is 13.8. The van der Waals surface area contributed by atoms with Crippen molar-refractivity contribution in [2.24, 2.45) is 11.7 Å². The number of rotatable bonds is 7. The van der Waals surface area contributed by atoms with Crippen molar-refractivity contribution in [3.8, 4) is 0 Å². The number of hydrogen-bond acceptors (Lipinski definition) is 4. The Morgan fingerprint density at radius 3 is 2.48 bits per heavy atom. The van der Waals surface area contributed by atoms with Gasteiger partial charge in [-0.1, -0.05) is 24.3 Å². The first-order valence-electron chi connectivity index (χ1n) is 10.5. The van der Waals surface area contributed by atoms with Gasteiger partial charge in [0.15, 0.2) is 0 Å². The molecule has 0 radical (unpaired) electrons. The molecule has 0 unspecified atom stereocenters. The number of esters is 1. The number of urea groups is 1. The van der Waals surface area contributed by atoms with Gasteiger partial charge in [0.25, 0.3) is 0 Å². The van der Waals surface area contributed by atoms with Crippen LogP contribution in [0.1, 0.15) is 63.5 Å². The Kier molecular flexibility index (Phi) is 6.45. The Hall–Kier alpha value is -2.57. The van der Waals surface area contributed by atoms with E-state index in [1.54, 1.807) is 0 Å². The molecule has 1 heterocycles. The van der Waals surface area contributed by atoms with E-state index < -0.39 is 0 Å². The van der Waals surface area contributed by atoms with Crippen LogP contribution >= 0.6 is 0 Å². The van der Waals surface area contributed by atoms with Crippen LogP contribution in [0.4, 0.5) is 4.79 Å². The highest BCUT2D eigenvalue weighted by Crippen LogP contribution is 2.46. The van der Waals surface area contributed by atoms with Crippen LogP contribution in [0.3, 0.4) is 0 Å². The Balaban J connectivity index is 1.72. The second kappa shape index (κ2) is 8.84. The largest absolute Gasteiger partial charge is 0.463 e. The monoisotopic (exact) mass is 400 g/mol. The van der Waals surface area contributed by atoms with Crippen LogP contribution in [0.25, 0.3) is 0 Å². The molecule has 1 aromatic rings. The molecule has 0 spiro atoms. The molecule has 29 heavy (non-hydrogen) atoms. The number of amidine groups is 1. The maximum Gasteiger partial charge on any atom is 0.318 e. The molecular formula is C22H32N4O3. The van der Waals surface area contributed by atoms with E-state index in [1.165, 1.54) is 0 Å². The first kappa shape index (κ1) is 21.1. The first-order valence-corrected chi connectivity index (χ1v) is 10.5. The van der Waals surface area contributed by atoms with Crippen molar-refractivity contribution in [1.82, 2.24) is 10.2 Å². The van der Waals surface area contributed by atoms with Gasteiger partial charge in [0.05, 0.1) is 11.6 Å². The summed E-state index contributed by atoms with van der Waals surface area (Å²) in [5, 5.41) is 10.5. The summed E-state index contributed by atoms with van der Waals surface area (Å²) in [5.74, 6) is 0.377. The van der Waals surface area contributed by atoms with Crippen LogP contribution in [-0.4, -0.2) is 41.9 Å². The van der Waals surface area contributed by atoms with E-state index in [9.17, 15) is 9.59 Å². The molecule has 1 saturated heterocycles. The van der Waals surface area contributed by atoms with Crippen LogP contribution in [0.15, 0.2) is 24.3 Å². The minimum atomic E-state index is -0.342. The zero-order chi connectivity index (χ0) is 21.0. The van der Waals surface area contributed by atoms with E-state index >= 15 is 0 Å². The fraction of sp³-hybridized carbons (Fsp3) is 0.591. The van der Waals surface area contributed by atoms with Crippen LogP contribution in [-0.2, 0) is 15.1 Å². The summed E-state index contributed by atoms with van der Waals surface area (Å²) < 4.78 is 5.25. The van der Waals surface area contributed by atoms with Crippen molar-refractivity contribution >= 4 is 17.8 Å². The molecule has 0 aromatic heterocycles. The third kappa shape index (κ3) is 4.71. The number of carbonyl (C=O) groups is 2. The number of nitrogens with one attached hydrogen (secondary N) is 2. The van der Waals surface area contributed by atoms with E-state index in [1.807, 2.05) is 43.0 Å². The van der Waals surface area contributed by atoms with Crippen molar-refractivity contribution in [2.75, 3.05) is 13.1 Å². The summed E-state index contributed by atoms with van der Waals surface area (Å²) in [4.78, 5) is 26.4. The molecule has 4 N–H and O–H groups in total. The van der Waals surface area contributed by atoms with Crippen molar-refractivity contribution in [3.63, 3.8) is 0 Å². The molecule has 7 heteroatoms. The quantitative estimate of drug-likeness (QED) is 0.371. The lowest BCUT2D eigenvalue weighted by atomic mass is 9.70. The van der Waals surface area contributed by atoms with E-state index in [0.29, 0.717) is 31.0 Å². The zero-order valence-electron chi connectivity index (χ0n) is 17.4. The highest BCUT2D eigenvalue weighted by molar-refractivity contribution is 5.94. The number of hydrogen-bond donors (Lipinski definition) is 3. The molecule has 0 bridgehead atoms. The number of amides is 2. The molecule has 1 aromatic carbocycles. The fourth-order valence-corrected chi connectivity index (χ4v) is 4.64. The van der Waals surface area contributed by atoms with Gasteiger partial charge >= 0.3 is 12.0 Å². The summed E-state index contributed by atoms with van der Waals surface area (Å²) in [6.07, 6.45) is 4.87. The smallest absolute Gasteiger partial charge is 0.318 e. The van der Waals surface area contributed by atoms with Gasteiger partial charge < -0.3 is 20.7 Å². The lowest BCUT2D eigenvalue weighted by Crippen LogP contribution is -2.50. The molecule has 7 nitrogen and oxygen atoms in total. The van der Waals surface area contributed by atoms with Crippen LogP contribution in [0, 0.1) is 11.3 Å². The number of nitrogen functional groups attached to an aromatic ring is 1. The van der Waals surface area contributed by atoms with Gasteiger partial charge in [-0.15, -0.1) is 0 Å². The number of benzene rings is 1. The molecule has 0 atom stereocenters. The van der Waals surface area contributed by atoms with E-state index in [2.05, 4.69) is 5.32 Å². The Morgan fingerprint density at radius 2 is 1.97 bits per heavy atom. The summed E-state index contributed by atoms with van der Waals surface area (Å²) in [6.45, 7) is 5.09. The zero-order valence-corrected chi connectivity index (χ0v) is 17.4. The summed E-state index contributed by atoms with van der Waals surface area (Å²) in [6, 6.07) is 7.72. The topological polar surface area (TPSA) is 109 Å². The van der Waals surface area contributed by atoms with E-state index in [-0.39, 0.29) is 29.5 Å². The molecule has 2 amide bonds. The van der Waals surface area contributed by atoms with Gasteiger partial charge in [-0.3, -0.25) is 10.2 Å². The molecule has 3 rings (SSSR count). The van der Waals surface area contributed by atoms with E-state index in [4.69, 9.17) is 15.9 Å². The fourth-order valence-electron chi connectivity index (χ4n) is 4.64. The van der Waals surface area contributed by atoms with E-state index in [0.717, 1.165) is 37.7 Å². The average Bonchev–Trinajstić information content (AvgIpc) is 3.13. The number of carbonyl (C=O) groups excluding carboxylic acids is 2. The minimum absolute atomic E-state index is 0.0143. The molecule has 1 aliphatic carbocycles. The molecule has 2 fully saturated rings. The number of ether oxygens (including phenoxy) is 1. The maximum absolute atomic E-state index is 12.5.